The number of benzene rings is 2. The molecule has 7 nitrogen and oxygen atoms in total. The Morgan fingerprint density at radius 1 is 1.18 bits per heavy atom. The van der Waals surface area contributed by atoms with Gasteiger partial charge >= 0.3 is 0 Å². The minimum absolute atomic E-state index is 0.0221. The van der Waals surface area contributed by atoms with Crippen molar-refractivity contribution >= 4 is 17.5 Å². The second-order valence-corrected chi connectivity index (χ2v) is 5.74. The Bertz CT molecular complexity index is 1100. The van der Waals surface area contributed by atoms with Crippen molar-refractivity contribution in [2.24, 2.45) is 0 Å². The highest BCUT2D eigenvalue weighted by atomic mass is 16.6. The van der Waals surface area contributed by atoms with E-state index < -0.39 is 10.7 Å². The number of nitrogens with zero attached hydrogens (tertiary/aromatic N) is 2. The summed E-state index contributed by atoms with van der Waals surface area (Å²) in [4.78, 5) is 22.8. The molecule has 0 saturated carbocycles. The third-order valence-corrected chi connectivity index (χ3v) is 3.97. The van der Waals surface area contributed by atoms with Crippen LogP contribution in [-0.4, -0.2) is 17.8 Å². The van der Waals surface area contributed by atoms with Crippen molar-refractivity contribution < 1.29 is 18.9 Å². The van der Waals surface area contributed by atoms with Crippen LogP contribution >= 0.6 is 0 Å². The van der Waals surface area contributed by atoms with E-state index in [4.69, 9.17) is 9.15 Å². The molecule has 0 radical (unpaired) electrons. The number of furan rings is 1. The van der Waals surface area contributed by atoms with Gasteiger partial charge in [-0.2, -0.15) is 5.26 Å². The fourth-order valence-corrected chi connectivity index (χ4v) is 2.54. The molecule has 0 fully saturated rings. The standard InChI is InChI=1S/C21H14N2O5/c1-27-18-4-2-3-15(11-18)21(24)16(13-22)12-19-9-10-20(28-19)14-5-7-17(8-6-14)23(25)26/h2-12H,1H3/b16-12+. The molecule has 0 aliphatic heterocycles. The Morgan fingerprint density at radius 3 is 2.57 bits per heavy atom. The Labute approximate surface area is 160 Å². The Morgan fingerprint density at radius 2 is 1.93 bits per heavy atom. The minimum Gasteiger partial charge on any atom is -0.497 e. The van der Waals surface area contributed by atoms with Gasteiger partial charge in [-0.15, -0.1) is 0 Å². The van der Waals surface area contributed by atoms with Gasteiger partial charge in [0.05, 0.1) is 12.0 Å². The summed E-state index contributed by atoms with van der Waals surface area (Å²) >= 11 is 0. The molecule has 0 spiro atoms. The molecule has 3 rings (SSSR count). The largest absolute Gasteiger partial charge is 0.497 e. The van der Waals surface area contributed by atoms with Crippen LogP contribution in [0.5, 0.6) is 5.75 Å². The van der Waals surface area contributed by atoms with Crippen LogP contribution in [0.15, 0.2) is 70.7 Å². The first-order valence-electron chi connectivity index (χ1n) is 8.17. The highest BCUT2D eigenvalue weighted by Crippen LogP contribution is 2.26. The number of nitro groups is 1. The molecule has 3 aromatic rings. The van der Waals surface area contributed by atoms with E-state index in [0.29, 0.717) is 28.4 Å². The second kappa shape index (κ2) is 8.01. The van der Waals surface area contributed by atoms with E-state index in [9.17, 15) is 20.2 Å². The van der Waals surface area contributed by atoms with Crippen LogP contribution in [0.4, 0.5) is 5.69 Å². The molecule has 1 aromatic heterocycles. The molecule has 138 valence electrons. The van der Waals surface area contributed by atoms with Gasteiger partial charge in [-0.05, 0) is 36.4 Å². The molecular formula is C21H14N2O5. The normalized spacial score (nSPS) is 10.9. The molecule has 0 aliphatic carbocycles. The van der Waals surface area contributed by atoms with Gasteiger partial charge in [0.2, 0.25) is 5.78 Å². The number of rotatable bonds is 6. The average molecular weight is 374 g/mol. The van der Waals surface area contributed by atoms with E-state index in [1.54, 1.807) is 48.5 Å². The number of ketones is 1. The van der Waals surface area contributed by atoms with Gasteiger partial charge in [-0.25, -0.2) is 0 Å². The summed E-state index contributed by atoms with van der Waals surface area (Å²) in [5.41, 5.74) is 0.862. The number of hydrogen-bond donors (Lipinski definition) is 0. The lowest BCUT2D eigenvalue weighted by Crippen LogP contribution is -2.02. The smallest absolute Gasteiger partial charge is 0.269 e. The summed E-state index contributed by atoms with van der Waals surface area (Å²) < 4.78 is 10.8. The van der Waals surface area contributed by atoms with E-state index in [1.807, 2.05) is 6.07 Å². The van der Waals surface area contributed by atoms with E-state index in [-0.39, 0.29) is 11.3 Å². The zero-order valence-corrected chi connectivity index (χ0v) is 14.8. The van der Waals surface area contributed by atoms with Gasteiger partial charge in [-0.3, -0.25) is 14.9 Å². The van der Waals surface area contributed by atoms with Crippen molar-refractivity contribution in [2.45, 2.75) is 0 Å². The fraction of sp³-hybridized carbons (Fsp3) is 0.0476. The lowest BCUT2D eigenvalue weighted by Gasteiger charge is -2.02. The molecule has 0 aliphatic rings. The van der Waals surface area contributed by atoms with Gasteiger partial charge in [0.25, 0.3) is 5.69 Å². The first kappa shape index (κ1) is 18.6. The number of carbonyl (C=O) groups is 1. The van der Waals surface area contributed by atoms with Crippen LogP contribution in [0.25, 0.3) is 17.4 Å². The molecule has 0 N–H and O–H groups in total. The highest BCUT2D eigenvalue weighted by molar-refractivity contribution is 6.14. The van der Waals surface area contributed by atoms with Gasteiger partial charge in [-0.1, -0.05) is 12.1 Å². The van der Waals surface area contributed by atoms with Crippen LogP contribution < -0.4 is 4.74 Å². The number of Topliss-reactive ketones (excluding diaryl/α,β-unsaturated/α-hetero) is 1. The molecule has 1 heterocycles. The Hall–Kier alpha value is -4.18. The number of allylic oxidation sites excluding steroid dienone is 1. The third kappa shape index (κ3) is 3.97. The number of nitro benzene ring substituents is 1. The fourth-order valence-electron chi connectivity index (χ4n) is 2.54. The molecule has 28 heavy (non-hydrogen) atoms. The number of ether oxygens (including phenoxy) is 1. The zero-order valence-electron chi connectivity index (χ0n) is 14.8. The molecule has 0 atom stereocenters. The van der Waals surface area contributed by atoms with E-state index in [2.05, 4.69) is 0 Å². The molecule has 2 aromatic carbocycles. The van der Waals surface area contributed by atoms with Gasteiger partial charge in [0.1, 0.15) is 28.9 Å². The summed E-state index contributed by atoms with van der Waals surface area (Å²) in [7, 11) is 1.49. The predicted molar refractivity (Wildman–Crippen MR) is 102 cm³/mol. The highest BCUT2D eigenvalue weighted by Gasteiger charge is 2.14. The van der Waals surface area contributed by atoms with Crippen LogP contribution in [0.2, 0.25) is 0 Å². The van der Waals surface area contributed by atoms with Gasteiger partial charge < -0.3 is 9.15 Å². The van der Waals surface area contributed by atoms with Crippen LogP contribution in [-0.2, 0) is 0 Å². The number of carbonyl (C=O) groups excluding carboxylic acids is 1. The first-order valence-corrected chi connectivity index (χ1v) is 8.17. The van der Waals surface area contributed by atoms with Crippen molar-refractivity contribution in [3.05, 3.63) is 87.7 Å². The second-order valence-electron chi connectivity index (χ2n) is 5.74. The zero-order chi connectivity index (χ0) is 20.1. The number of non-ortho nitro benzene ring substituents is 1. The molecule has 0 bridgehead atoms. The maximum Gasteiger partial charge on any atom is 0.269 e. The van der Waals surface area contributed by atoms with E-state index in [1.165, 1.54) is 25.3 Å². The SMILES string of the molecule is COc1cccc(C(=O)/C(C#N)=C/c2ccc(-c3ccc([N+](=O)[O-])cc3)o2)c1. The first-order chi connectivity index (χ1) is 13.5. The minimum atomic E-state index is -0.483. The van der Waals surface area contributed by atoms with Crippen molar-refractivity contribution in [1.29, 1.82) is 5.26 Å². The summed E-state index contributed by atoms with van der Waals surface area (Å²) in [6.45, 7) is 0. The molecule has 7 heteroatoms. The summed E-state index contributed by atoms with van der Waals surface area (Å²) in [5.74, 6) is 0.852. The van der Waals surface area contributed by atoms with Crippen molar-refractivity contribution in [1.82, 2.24) is 0 Å². The maximum absolute atomic E-state index is 12.6. The van der Waals surface area contributed by atoms with Crippen molar-refractivity contribution in [3.63, 3.8) is 0 Å². The lowest BCUT2D eigenvalue weighted by atomic mass is 10.0. The number of hydrogen-bond acceptors (Lipinski definition) is 6. The van der Waals surface area contributed by atoms with Crippen LogP contribution in [0.1, 0.15) is 16.1 Å². The topological polar surface area (TPSA) is 106 Å². The molecule has 0 unspecified atom stereocenters. The maximum atomic E-state index is 12.6. The molecule has 0 amide bonds. The van der Waals surface area contributed by atoms with Gasteiger partial charge in [0, 0.05) is 29.3 Å². The predicted octanol–water partition coefficient (Wildman–Crippen LogP) is 4.65. The molecule has 0 saturated heterocycles. The summed E-state index contributed by atoms with van der Waals surface area (Å²) in [6, 6.07) is 17.6. The third-order valence-electron chi connectivity index (χ3n) is 3.97. The lowest BCUT2D eigenvalue weighted by molar-refractivity contribution is -0.384. The van der Waals surface area contributed by atoms with Crippen LogP contribution in [0.3, 0.4) is 0 Å². The van der Waals surface area contributed by atoms with Crippen LogP contribution in [0, 0.1) is 21.4 Å². The molecular weight excluding hydrogens is 360 g/mol. The van der Waals surface area contributed by atoms with E-state index >= 15 is 0 Å². The average Bonchev–Trinajstić information content (AvgIpc) is 3.20. The van der Waals surface area contributed by atoms with Crippen molar-refractivity contribution in [2.75, 3.05) is 7.11 Å². The Balaban J connectivity index is 1.86. The van der Waals surface area contributed by atoms with E-state index in [0.717, 1.165) is 0 Å². The Kier molecular flexibility index (Phi) is 5.33. The monoisotopic (exact) mass is 374 g/mol. The van der Waals surface area contributed by atoms with Gasteiger partial charge in [0.15, 0.2) is 0 Å². The number of methoxy groups -OCH3 is 1. The quantitative estimate of drug-likeness (QED) is 0.204. The number of nitriles is 1. The van der Waals surface area contributed by atoms with Crippen molar-refractivity contribution in [3.8, 4) is 23.1 Å². The summed E-state index contributed by atoms with van der Waals surface area (Å²) in [6.07, 6.45) is 1.36. The summed E-state index contributed by atoms with van der Waals surface area (Å²) in [5, 5.41) is 20.1.